The Bertz CT molecular complexity index is 777. The maximum absolute atomic E-state index is 12.8. The van der Waals surface area contributed by atoms with Crippen LogP contribution >= 0.6 is 0 Å². The predicted octanol–water partition coefficient (Wildman–Crippen LogP) is 3.91. The Hall–Kier alpha value is -2.90. The molecule has 0 aromatic heterocycles. The van der Waals surface area contributed by atoms with Gasteiger partial charge < -0.3 is 20.1 Å². The topological polar surface area (TPSA) is 54.9 Å². The molecule has 0 amide bonds. The first-order valence-electron chi connectivity index (χ1n) is 7.73. The van der Waals surface area contributed by atoms with Gasteiger partial charge in [-0.2, -0.15) is 13.2 Å². The predicted molar refractivity (Wildman–Crippen MR) is 94.8 cm³/mol. The first-order valence-corrected chi connectivity index (χ1v) is 7.73. The summed E-state index contributed by atoms with van der Waals surface area (Å²) < 4.78 is 48.7. The van der Waals surface area contributed by atoms with Gasteiger partial charge in [-0.25, -0.2) is 0 Å². The molecule has 0 saturated heterocycles. The van der Waals surface area contributed by atoms with E-state index in [0.29, 0.717) is 28.7 Å². The van der Waals surface area contributed by atoms with Gasteiger partial charge in [0.2, 0.25) is 0 Å². The molecule has 26 heavy (non-hydrogen) atoms. The molecule has 0 saturated carbocycles. The van der Waals surface area contributed by atoms with Crippen molar-refractivity contribution >= 4 is 11.6 Å². The first kappa shape index (κ1) is 19.4. The zero-order valence-electron chi connectivity index (χ0n) is 14.6. The Morgan fingerprint density at radius 1 is 1.04 bits per heavy atom. The van der Waals surface area contributed by atoms with Gasteiger partial charge in [-0.1, -0.05) is 12.1 Å². The zero-order valence-corrected chi connectivity index (χ0v) is 14.6. The number of hydrogen-bond acceptors (Lipinski definition) is 3. The lowest BCUT2D eigenvalue weighted by molar-refractivity contribution is -0.137. The van der Waals surface area contributed by atoms with Crippen LogP contribution in [0.15, 0.2) is 47.5 Å². The molecule has 0 aliphatic rings. The van der Waals surface area contributed by atoms with Crippen LogP contribution in [0.25, 0.3) is 0 Å². The minimum atomic E-state index is -4.37. The van der Waals surface area contributed by atoms with E-state index in [0.717, 1.165) is 12.1 Å². The van der Waals surface area contributed by atoms with Crippen molar-refractivity contribution in [3.63, 3.8) is 0 Å². The second-order valence-corrected chi connectivity index (χ2v) is 5.32. The molecule has 2 aromatic rings. The number of benzene rings is 2. The molecule has 8 heteroatoms. The lowest BCUT2D eigenvalue weighted by Gasteiger charge is -2.14. The third kappa shape index (κ3) is 5.05. The maximum Gasteiger partial charge on any atom is 0.416 e. The molecule has 2 aromatic carbocycles. The van der Waals surface area contributed by atoms with Crippen LogP contribution in [0.4, 0.5) is 18.9 Å². The number of aliphatic imine (C=N–C) groups is 1. The van der Waals surface area contributed by atoms with Crippen LogP contribution < -0.4 is 20.1 Å². The molecular weight excluding hydrogens is 347 g/mol. The smallest absolute Gasteiger partial charge is 0.416 e. The van der Waals surface area contributed by atoms with Gasteiger partial charge in [0.25, 0.3) is 0 Å². The first-order chi connectivity index (χ1) is 12.4. The number of nitrogens with zero attached hydrogens (tertiary/aromatic N) is 1. The van der Waals surface area contributed by atoms with Gasteiger partial charge >= 0.3 is 6.18 Å². The fourth-order valence-corrected chi connectivity index (χ4v) is 2.27. The number of alkyl halides is 3. The van der Waals surface area contributed by atoms with Gasteiger partial charge in [0.05, 0.1) is 19.8 Å². The van der Waals surface area contributed by atoms with E-state index in [1.165, 1.54) is 13.2 Å². The molecule has 2 N–H and O–H groups in total. The fourth-order valence-electron chi connectivity index (χ4n) is 2.27. The van der Waals surface area contributed by atoms with Crippen LogP contribution in [0.3, 0.4) is 0 Å². The second-order valence-electron chi connectivity index (χ2n) is 5.32. The van der Waals surface area contributed by atoms with E-state index in [9.17, 15) is 13.2 Å². The number of guanidine groups is 1. The lowest BCUT2D eigenvalue weighted by Crippen LogP contribution is -2.30. The number of nitrogens with one attached hydrogen (secondary N) is 2. The number of hydrogen-bond donors (Lipinski definition) is 2. The van der Waals surface area contributed by atoms with Crippen molar-refractivity contribution in [2.24, 2.45) is 4.99 Å². The molecule has 0 aliphatic carbocycles. The summed E-state index contributed by atoms with van der Waals surface area (Å²) in [5.74, 6) is 1.55. The molecule has 140 valence electrons. The van der Waals surface area contributed by atoms with Gasteiger partial charge in [-0.05, 0) is 29.8 Å². The average molecular weight is 367 g/mol. The molecule has 0 radical (unpaired) electrons. The Labute approximate surface area is 149 Å². The van der Waals surface area contributed by atoms with Gasteiger partial charge in [-0.15, -0.1) is 0 Å². The number of methoxy groups -OCH3 is 2. The third-order valence-corrected chi connectivity index (χ3v) is 3.58. The van der Waals surface area contributed by atoms with Crippen LogP contribution in [-0.4, -0.2) is 27.2 Å². The molecule has 0 heterocycles. The summed E-state index contributed by atoms with van der Waals surface area (Å²) in [6, 6.07) is 10.4. The molecule has 0 unspecified atom stereocenters. The highest BCUT2D eigenvalue weighted by atomic mass is 19.4. The van der Waals surface area contributed by atoms with Crippen LogP contribution in [-0.2, 0) is 12.7 Å². The van der Waals surface area contributed by atoms with Crippen LogP contribution in [0.5, 0.6) is 11.5 Å². The normalized spacial score (nSPS) is 11.8. The van der Waals surface area contributed by atoms with Crippen molar-refractivity contribution < 1.29 is 22.6 Å². The third-order valence-electron chi connectivity index (χ3n) is 3.58. The van der Waals surface area contributed by atoms with Gasteiger partial charge in [0, 0.05) is 25.3 Å². The summed E-state index contributed by atoms with van der Waals surface area (Å²) in [6.07, 6.45) is -4.37. The molecule has 2 rings (SSSR count). The highest BCUT2D eigenvalue weighted by Gasteiger charge is 2.30. The average Bonchev–Trinajstić information content (AvgIpc) is 2.64. The quantitative estimate of drug-likeness (QED) is 0.622. The van der Waals surface area contributed by atoms with Crippen molar-refractivity contribution in [2.45, 2.75) is 12.7 Å². The minimum Gasteiger partial charge on any atom is -0.493 e. The number of halogens is 3. The van der Waals surface area contributed by atoms with Crippen LogP contribution in [0.2, 0.25) is 0 Å². The maximum atomic E-state index is 12.8. The van der Waals surface area contributed by atoms with E-state index in [1.807, 2.05) is 0 Å². The van der Waals surface area contributed by atoms with Gasteiger partial charge in [-0.3, -0.25) is 4.99 Å². The molecule has 0 spiro atoms. The Morgan fingerprint density at radius 2 is 1.77 bits per heavy atom. The summed E-state index contributed by atoms with van der Waals surface area (Å²) >= 11 is 0. The van der Waals surface area contributed by atoms with E-state index in [-0.39, 0.29) is 6.54 Å². The highest BCUT2D eigenvalue weighted by molar-refractivity contribution is 5.93. The minimum absolute atomic E-state index is 0.191. The lowest BCUT2D eigenvalue weighted by atomic mass is 10.1. The molecule has 5 nitrogen and oxygen atoms in total. The number of rotatable bonds is 5. The Balaban J connectivity index is 2.05. The SMILES string of the molecule is CN=C(NCc1cccc(C(F)(F)F)c1)Nc1ccc(OC)c(OC)c1. The monoisotopic (exact) mass is 367 g/mol. The molecular formula is C18H20F3N3O2. The fraction of sp³-hybridized carbons (Fsp3) is 0.278. The summed E-state index contributed by atoms with van der Waals surface area (Å²) in [7, 11) is 4.64. The van der Waals surface area contributed by atoms with Crippen molar-refractivity contribution in [3.05, 3.63) is 53.6 Å². The van der Waals surface area contributed by atoms with Crippen LogP contribution in [0.1, 0.15) is 11.1 Å². The zero-order chi connectivity index (χ0) is 19.2. The molecule has 0 atom stereocenters. The Morgan fingerprint density at radius 3 is 2.38 bits per heavy atom. The van der Waals surface area contributed by atoms with Crippen molar-refractivity contribution in [1.29, 1.82) is 0 Å². The van der Waals surface area contributed by atoms with E-state index in [1.54, 1.807) is 38.4 Å². The standard InChI is InChI=1S/C18H20F3N3O2/c1-22-17(24-14-7-8-15(25-2)16(10-14)26-3)23-11-12-5-4-6-13(9-12)18(19,20)21/h4-10H,11H2,1-3H3,(H2,22,23,24). The van der Waals surface area contributed by atoms with Gasteiger partial charge in [0.15, 0.2) is 17.5 Å². The molecule has 0 fully saturated rings. The summed E-state index contributed by atoms with van der Waals surface area (Å²) in [6.45, 7) is 0.191. The Kier molecular flexibility index (Phi) is 6.32. The molecule has 0 bridgehead atoms. The second kappa shape index (κ2) is 8.46. The number of anilines is 1. The van der Waals surface area contributed by atoms with E-state index in [2.05, 4.69) is 15.6 Å². The summed E-state index contributed by atoms with van der Waals surface area (Å²) in [5, 5.41) is 6.03. The number of ether oxygens (including phenoxy) is 2. The van der Waals surface area contributed by atoms with Crippen molar-refractivity contribution in [3.8, 4) is 11.5 Å². The van der Waals surface area contributed by atoms with Crippen molar-refractivity contribution in [1.82, 2.24) is 5.32 Å². The van der Waals surface area contributed by atoms with E-state index >= 15 is 0 Å². The summed E-state index contributed by atoms with van der Waals surface area (Å²) in [4.78, 5) is 4.07. The summed E-state index contributed by atoms with van der Waals surface area (Å²) in [5.41, 5.74) is 0.509. The highest BCUT2D eigenvalue weighted by Crippen LogP contribution is 2.30. The van der Waals surface area contributed by atoms with E-state index < -0.39 is 11.7 Å². The van der Waals surface area contributed by atoms with E-state index in [4.69, 9.17) is 9.47 Å². The van der Waals surface area contributed by atoms with Gasteiger partial charge in [0.1, 0.15) is 0 Å². The largest absolute Gasteiger partial charge is 0.493 e. The molecule has 0 aliphatic heterocycles. The van der Waals surface area contributed by atoms with Crippen LogP contribution in [0, 0.1) is 0 Å². The van der Waals surface area contributed by atoms with Crippen molar-refractivity contribution in [2.75, 3.05) is 26.6 Å².